The Hall–Kier alpha value is -1.79. The number of nitriles is 1. The molecule has 0 unspecified atom stereocenters. The molecule has 0 fully saturated rings. The minimum Gasteiger partial charge on any atom is -0.285 e. The normalized spacial score (nSPS) is 8.79. The number of aromatic amines is 1. The van der Waals surface area contributed by atoms with E-state index in [4.69, 9.17) is 5.26 Å². The van der Waals surface area contributed by atoms with Crippen molar-refractivity contribution in [1.29, 1.82) is 5.26 Å². The van der Waals surface area contributed by atoms with Crippen molar-refractivity contribution < 1.29 is 0 Å². The first-order valence-corrected chi connectivity index (χ1v) is 3.91. The molecule has 0 saturated heterocycles. The van der Waals surface area contributed by atoms with Crippen molar-refractivity contribution in [3.8, 4) is 17.3 Å². The molecule has 0 aliphatic rings. The largest absolute Gasteiger partial charge is 0.285 e. The number of nitrogens with zero attached hydrogens (tertiary/aromatic N) is 2. The average Bonchev–Trinajstić information content (AvgIpc) is 2.70. The number of hydrogen-bond donors (Lipinski definition) is 1. The molecule has 14 heavy (non-hydrogen) atoms. The number of nitrogens with one attached hydrogen (secondary N) is 1. The summed E-state index contributed by atoms with van der Waals surface area (Å²) < 4.78 is 0. The Balaban J connectivity index is 0.000000980. The van der Waals surface area contributed by atoms with Crippen LogP contribution in [0.2, 0.25) is 0 Å². The van der Waals surface area contributed by atoms with Crippen LogP contribution in [0.1, 0.15) is 5.56 Å². The van der Waals surface area contributed by atoms with Crippen molar-refractivity contribution >= 4 is 12.4 Å². The molecule has 1 aromatic heterocycles. The van der Waals surface area contributed by atoms with Crippen LogP contribution in [-0.2, 0) is 0 Å². The summed E-state index contributed by atoms with van der Waals surface area (Å²) in [4.78, 5) is 0. The lowest BCUT2D eigenvalue weighted by Gasteiger charge is -1.97. The van der Waals surface area contributed by atoms with Crippen molar-refractivity contribution in [2.75, 3.05) is 0 Å². The fourth-order valence-corrected chi connectivity index (χ4v) is 1.21. The van der Waals surface area contributed by atoms with Gasteiger partial charge >= 0.3 is 0 Å². The molecule has 70 valence electrons. The average molecular weight is 206 g/mol. The second-order valence-corrected chi connectivity index (χ2v) is 2.62. The molecule has 1 N–H and O–H groups in total. The first kappa shape index (κ1) is 10.3. The fraction of sp³-hybridized carbons (Fsp3) is 0. The van der Waals surface area contributed by atoms with E-state index in [9.17, 15) is 0 Å². The van der Waals surface area contributed by atoms with E-state index in [-0.39, 0.29) is 12.4 Å². The topological polar surface area (TPSA) is 52.5 Å². The minimum atomic E-state index is 0. The number of benzene rings is 1. The molecule has 3 nitrogen and oxygen atoms in total. The van der Waals surface area contributed by atoms with Crippen LogP contribution in [0.3, 0.4) is 0 Å². The third-order valence-corrected chi connectivity index (χ3v) is 1.82. The van der Waals surface area contributed by atoms with Crippen molar-refractivity contribution in [3.05, 3.63) is 42.1 Å². The summed E-state index contributed by atoms with van der Waals surface area (Å²) in [6.45, 7) is 0. The number of rotatable bonds is 1. The van der Waals surface area contributed by atoms with Gasteiger partial charge in [-0.1, -0.05) is 18.2 Å². The number of hydrogen-bond acceptors (Lipinski definition) is 2. The van der Waals surface area contributed by atoms with Crippen LogP contribution in [0.25, 0.3) is 11.3 Å². The predicted molar refractivity (Wildman–Crippen MR) is 56.0 cm³/mol. The third-order valence-electron chi connectivity index (χ3n) is 1.82. The van der Waals surface area contributed by atoms with Crippen LogP contribution >= 0.6 is 12.4 Å². The molecule has 0 saturated carbocycles. The van der Waals surface area contributed by atoms with Gasteiger partial charge in [0.2, 0.25) is 0 Å². The summed E-state index contributed by atoms with van der Waals surface area (Å²) in [5, 5.41) is 15.6. The second-order valence-electron chi connectivity index (χ2n) is 2.62. The number of H-pyrrole nitrogens is 1. The van der Waals surface area contributed by atoms with Gasteiger partial charge in [-0.25, -0.2) is 0 Å². The van der Waals surface area contributed by atoms with Gasteiger partial charge in [-0.2, -0.15) is 10.4 Å². The smallest absolute Gasteiger partial charge is 0.0998 e. The van der Waals surface area contributed by atoms with E-state index < -0.39 is 0 Å². The third kappa shape index (κ3) is 1.76. The highest BCUT2D eigenvalue weighted by atomic mass is 35.5. The van der Waals surface area contributed by atoms with Gasteiger partial charge in [0, 0.05) is 11.8 Å². The SMILES string of the molecule is Cl.N#Cc1ccccc1-c1cc[nH]n1. The maximum Gasteiger partial charge on any atom is 0.0998 e. The van der Waals surface area contributed by atoms with Crippen molar-refractivity contribution in [2.24, 2.45) is 0 Å². The predicted octanol–water partition coefficient (Wildman–Crippen LogP) is 2.37. The molecule has 0 aliphatic heterocycles. The van der Waals surface area contributed by atoms with Crippen LogP contribution in [-0.4, -0.2) is 10.2 Å². The molecule has 1 heterocycles. The first-order chi connectivity index (χ1) is 6.42. The fourth-order valence-electron chi connectivity index (χ4n) is 1.21. The van der Waals surface area contributed by atoms with Crippen molar-refractivity contribution in [1.82, 2.24) is 10.2 Å². The zero-order valence-electron chi connectivity index (χ0n) is 7.27. The van der Waals surface area contributed by atoms with Crippen LogP contribution in [0.4, 0.5) is 0 Å². The Kier molecular flexibility index (Phi) is 3.27. The summed E-state index contributed by atoms with van der Waals surface area (Å²) in [6, 6.07) is 11.4. The van der Waals surface area contributed by atoms with Gasteiger partial charge in [0.05, 0.1) is 17.3 Å². The molecule has 0 aliphatic carbocycles. The van der Waals surface area contributed by atoms with Gasteiger partial charge in [-0.05, 0) is 12.1 Å². The van der Waals surface area contributed by atoms with Crippen LogP contribution in [0.5, 0.6) is 0 Å². The summed E-state index contributed by atoms with van der Waals surface area (Å²) in [5.41, 5.74) is 2.32. The van der Waals surface area contributed by atoms with Gasteiger partial charge in [0.15, 0.2) is 0 Å². The molecular formula is C10H8ClN3. The maximum absolute atomic E-state index is 8.83. The van der Waals surface area contributed by atoms with Gasteiger partial charge in [-0.15, -0.1) is 12.4 Å². The zero-order chi connectivity index (χ0) is 9.10. The second kappa shape index (κ2) is 4.45. The summed E-state index contributed by atoms with van der Waals surface area (Å²) in [6.07, 6.45) is 1.74. The minimum absolute atomic E-state index is 0. The Morgan fingerprint density at radius 1 is 1.21 bits per heavy atom. The Bertz CT molecular complexity index is 443. The van der Waals surface area contributed by atoms with E-state index >= 15 is 0 Å². The highest BCUT2D eigenvalue weighted by Crippen LogP contribution is 2.19. The van der Waals surface area contributed by atoms with Crippen LogP contribution < -0.4 is 0 Å². The monoisotopic (exact) mass is 205 g/mol. The quantitative estimate of drug-likeness (QED) is 0.777. The standard InChI is InChI=1S/C10H7N3.ClH/c11-7-8-3-1-2-4-9(8)10-5-6-12-13-10;/h1-6H,(H,12,13);1H. The van der Waals surface area contributed by atoms with Gasteiger partial charge < -0.3 is 0 Å². The molecule has 0 amide bonds. The lowest BCUT2D eigenvalue weighted by Crippen LogP contribution is -1.83. The van der Waals surface area contributed by atoms with E-state index in [1.54, 1.807) is 12.3 Å². The van der Waals surface area contributed by atoms with E-state index in [2.05, 4.69) is 16.3 Å². The van der Waals surface area contributed by atoms with Crippen molar-refractivity contribution in [3.63, 3.8) is 0 Å². The summed E-state index contributed by atoms with van der Waals surface area (Å²) in [7, 11) is 0. The van der Waals surface area contributed by atoms with E-state index in [0.717, 1.165) is 11.3 Å². The lowest BCUT2D eigenvalue weighted by molar-refractivity contribution is 1.09. The first-order valence-electron chi connectivity index (χ1n) is 3.91. The van der Waals surface area contributed by atoms with E-state index in [1.807, 2.05) is 24.3 Å². The molecule has 2 rings (SSSR count). The Morgan fingerprint density at radius 3 is 2.64 bits per heavy atom. The molecule has 1 aromatic carbocycles. The Labute approximate surface area is 87.8 Å². The molecule has 0 atom stereocenters. The summed E-state index contributed by atoms with van der Waals surface area (Å²) >= 11 is 0. The molecular weight excluding hydrogens is 198 g/mol. The van der Waals surface area contributed by atoms with Crippen molar-refractivity contribution in [2.45, 2.75) is 0 Å². The van der Waals surface area contributed by atoms with Gasteiger partial charge in [0.25, 0.3) is 0 Å². The van der Waals surface area contributed by atoms with Crippen LogP contribution in [0, 0.1) is 11.3 Å². The number of halogens is 1. The van der Waals surface area contributed by atoms with E-state index in [0.29, 0.717) is 5.56 Å². The van der Waals surface area contributed by atoms with Gasteiger partial charge in [-0.3, -0.25) is 5.10 Å². The van der Waals surface area contributed by atoms with Crippen LogP contribution in [0.15, 0.2) is 36.5 Å². The molecule has 2 aromatic rings. The Morgan fingerprint density at radius 2 is 2.00 bits per heavy atom. The zero-order valence-corrected chi connectivity index (χ0v) is 8.08. The molecule has 4 heteroatoms. The molecule has 0 bridgehead atoms. The highest BCUT2D eigenvalue weighted by molar-refractivity contribution is 5.85. The molecule has 0 radical (unpaired) electrons. The molecule has 0 spiro atoms. The van der Waals surface area contributed by atoms with Gasteiger partial charge in [0.1, 0.15) is 0 Å². The highest BCUT2D eigenvalue weighted by Gasteiger charge is 2.04. The lowest BCUT2D eigenvalue weighted by atomic mass is 10.1. The van der Waals surface area contributed by atoms with E-state index in [1.165, 1.54) is 0 Å². The maximum atomic E-state index is 8.83. The number of aromatic nitrogens is 2. The summed E-state index contributed by atoms with van der Waals surface area (Å²) in [5.74, 6) is 0.